The highest BCUT2D eigenvalue weighted by molar-refractivity contribution is 7.17. The van der Waals surface area contributed by atoms with E-state index in [1.54, 1.807) is 12.3 Å². The molecule has 0 aliphatic carbocycles. The molecular weight excluding hydrogens is 358 g/mol. The Hall–Kier alpha value is -2.86. The first-order valence-electron chi connectivity index (χ1n) is 9.00. The van der Waals surface area contributed by atoms with Crippen molar-refractivity contribution in [1.29, 1.82) is 0 Å². The van der Waals surface area contributed by atoms with E-state index in [-0.39, 0.29) is 11.5 Å². The van der Waals surface area contributed by atoms with Gasteiger partial charge in [0, 0.05) is 54.6 Å². The Morgan fingerprint density at radius 3 is 2.48 bits per heavy atom. The second kappa shape index (κ2) is 7.40. The number of hydrogen-bond donors (Lipinski definition) is 1. The number of nitrogens with one attached hydrogen (secondary N) is 1. The molecule has 3 heterocycles. The van der Waals surface area contributed by atoms with Crippen LogP contribution in [0.3, 0.4) is 0 Å². The number of thiophene rings is 1. The van der Waals surface area contributed by atoms with Gasteiger partial charge in [-0.1, -0.05) is 18.2 Å². The zero-order valence-corrected chi connectivity index (χ0v) is 16.0. The number of anilines is 1. The van der Waals surface area contributed by atoms with E-state index in [9.17, 15) is 9.59 Å². The number of aromatic nitrogens is 1. The van der Waals surface area contributed by atoms with Crippen molar-refractivity contribution in [2.24, 2.45) is 0 Å². The molecule has 138 valence electrons. The number of amides is 1. The smallest absolute Gasteiger partial charge is 0.264 e. The van der Waals surface area contributed by atoms with E-state index in [0.29, 0.717) is 0 Å². The number of nitrogens with zero attached hydrogens (tertiary/aromatic N) is 2. The number of pyridine rings is 1. The van der Waals surface area contributed by atoms with Crippen LogP contribution >= 0.6 is 11.3 Å². The number of aromatic amines is 1. The summed E-state index contributed by atoms with van der Waals surface area (Å²) in [5, 5.41) is 0. The first-order chi connectivity index (χ1) is 13.1. The fourth-order valence-electron chi connectivity index (χ4n) is 3.40. The number of hydrogen-bond acceptors (Lipinski definition) is 4. The van der Waals surface area contributed by atoms with Gasteiger partial charge in [-0.3, -0.25) is 9.59 Å². The Morgan fingerprint density at radius 2 is 1.78 bits per heavy atom. The Kier molecular flexibility index (Phi) is 4.81. The molecule has 3 aromatic rings. The third kappa shape index (κ3) is 3.66. The van der Waals surface area contributed by atoms with Crippen LogP contribution in [-0.2, 0) is 0 Å². The van der Waals surface area contributed by atoms with E-state index < -0.39 is 0 Å². The standard InChI is InChI=1S/C21H21N3O2S/c1-15-13-20(25)22-14-17(15)18-7-8-19(27-18)21(26)24-11-9-23(10-12-24)16-5-3-2-4-6-16/h2-8,13-14H,9-12H2,1H3,(H,22,25). The summed E-state index contributed by atoms with van der Waals surface area (Å²) >= 11 is 1.48. The van der Waals surface area contributed by atoms with Crippen LogP contribution in [0.5, 0.6) is 0 Å². The molecule has 0 saturated carbocycles. The lowest BCUT2D eigenvalue weighted by Crippen LogP contribution is -2.48. The van der Waals surface area contributed by atoms with Gasteiger partial charge in [0.15, 0.2) is 0 Å². The summed E-state index contributed by atoms with van der Waals surface area (Å²) in [5.74, 6) is 0.0843. The zero-order valence-electron chi connectivity index (χ0n) is 15.1. The lowest BCUT2D eigenvalue weighted by Gasteiger charge is -2.36. The Balaban J connectivity index is 1.45. The third-order valence-electron chi connectivity index (χ3n) is 4.90. The summed E-state index contributed by atoms with van der Waals surface area (Å²) in [4.78, 5) is 33.0. The van der Waals surface area contributed by atoms with Crippen molar-refractivity contribution in [1.82, 2.24) is 9.88 Å². The van der Waals surface area contributed by atoms with E-state index in [2.05, 4.69) is 22.0 Å². The second-order valence-corrected chi connectivity index (χ2v) is 7.76. The third-order valence-corrected chi connectivity index (χ3v) is 6.01. The maximum Gasteiger partial charge on any atom is 0.264 e. The highest BCUT2D eigenvalue weighted by Gasteiger charge is 2.23. The molecule has 1 aliphatic rings. The predicted molar refractivity (Wildman–Crippen MR) is 110 cm³/mol. The molecule has 1 amide bonds. The van der Waals surface area contributed by atoms with Crippen molar-refractivity contribution < 1.29 is 4.79 Å². The molecule has 1 fully saturated rings. The maximum atomic E-state index is 12.9. The van der Waals surface area contributed by atoms with E-state index in [1.165, 1.54) is 17.0 Å². The first-order valence-corrected chi connectivity index (χ1v) is 9.82. The summed E-state index contributed by atoms with van der Waals surface area (Å²) in [5.41, 5.74) is 2.97. The van der Waals surface area contributed by atoms with Gasteiger partial charge in [-0.2, -0.15) is 0 Å². The lowest BCUT2D eigenvalue weighted by molar-refractivity contribution is 0.0751. The normalized spacial score (nSPS) is 14.4. The van der Waals surface area contributed by atoms with Gasteiger partial charge in [0.1, 0.15) is 0 Å². The van der Waals surface area contributed by atoms with Crippen LogP contribution < -0.4 is 10.5 Å². The van der Waals surface area contributed by atoms with Gasteiger partial charge in [0.2, 0.25) is 5.56 Å². The molecule has 6 heteroatoms. The molecular formula is C21H21N3O2S. The van der Waals surface area contributed by atoms with Gasteiger partial charge >= 0.3 is 0 Å². The number of para-hydroxylation sites is 1. The first kappa shape index (κ1) is 17.5. The van der Waals surface area contributed by atoms with Crippen molar-refractivity contribution in [2.45, 2.75) is 6.92 Å². The van der Waals surface area contributed by atoms with Crippen LogP contribution in [-0.4, -0.2) is 42.0 Å². The van der Waals surface area contributed by atoms with Gasteiger partial charge in [-0.15, -0.1) is 11.3 Å². The Morgan fingerprint density at radius 1 is 1.04 bits per heavy atom. The van der Waals surface area contributed by atoms with Crippen LogP contribution in [0.1, 0.15) is 15.2 Å². The monoisotopic (exact) mass is 379 g/mol. The molecule has 0 radical (unpaired) electrons. The zero-order chi connectivity index (χ0) is 18.8. The van der Waals surface area contributed by atoms with Crippen molar-refractivity contribution in [2.75, 3.05) is 31.1 Å². The summed E-state index contributed by atoms with van der Waals surface area (Å²) in [7, 11) is 0. The van der Waals surface area contributed by atoms with Crippen LogP contribution in [0, 0.1) is 6.92 Å². The summed E-state index contributed by atoms with van der Waals surface area (Å²) in [6, 6.07) is 15.7. The minimum atomic E-state index is -0.111. The van der Waals surface area contributed by atoms with Crippen LogP contribution in [0.15, 0.2) is 59.5 Å². The van der Waals surface area contributed by atoms with Crippen LogP contribution in [0.2, 0.25) is 0 Å². The molecule has 0 unspecified atom stereocenters. The molecule has 1 N–H and O–H groups in total. The Bertz CT molecular complexity index is 1000. The number of H-pyrrole nitrogens is 1. The van der Waals surface area contributed by atoms with E-state index in [1.807, 2.05) is 42.2 Å². The predicted octanol–water partition coefficient (Wildman–Crippen LogP) is 3.37. The SMILES string of the molecule is Cc1cc(=O)[nH]cc1-c1ccc(C(=O)N2CCN(c3ccccc3)CC2)s1. The largest absolute Gasteiger partial charge is 0.368 e. The van der Waals surface area contributed by atoms with Crippen molar-refractivity contribution in [3.8, 4) is 10.4 Å². The fourth-order valence-corrected chi connectivity index (χ4v) is 4.45. The van der Waals surface area contributed by atoms with Crippen LogP contribution in [0.25, 0.3) is 10.4 Å². The molecule has 5 nitrogen and oxygen atoms in total. The lowest BCUT2D eigenvalue weighted by atomic mass is 10.1. The number of rotatable bonds is 3. The molecule has 1 aliphatic heterocycles. The second-order valence-electron chi connectivity index (χ2n) is 6.67. The maximum absolute atomic E-state index is 12.9. The number of piperazine rings is 1. The van der Waals surface area contributed by atoms with Gasteiger partial charge in [0.05, 0.1) is 4.88 Å². The van der Waals surface area contributed by atoms with Gasteiger partial charge in [0.25, 0.3) is 5.91 Å². The van der Waals surface area contributed by atoms with E-state index >= 15 is 0 Å². The molecule has 27 heavy (non-hydrogen) atoms. The van der Waals surface area contributed by atoms with Crippen LogP contribution in [0.4, 0.5) is 5.69 Å². The van der Waals surface area contributed by atoms with Gasteiger partial charge in [-0.25, -0.2) is 0 Å². The van der Waals surface area contributed by atoms with Gasteiger partial charge < -0.3 is 14.8 Å². The topological polar surface area (TPSA) is 56.4 Å². The van der Waals surface area contributed by atoms with Crippen molar-refractivity contribution >= 4 is 22.9 Å². The average molecular weight is 379 g/mol. The number of benzene rings is 1. The average Bonchev–Trinajstić information content (AvgIpc) is 3.18. The molecule has 2 aromatic heterocycles. The van der Waals surface area contributed by atoms with E-state index in [4.69, 9.17) is 0 Å². The number of aryl methyl sites for hydroxylation is 1. The summed E-state index contributed by atoms with van der Waals surface area (Å²) < 4.78 is 0. The van der Waals surface area contributed by atoms with Gasteiger partial charge in [-0.05, 0) is 36.8 Å². The van der Waals surface area contributed by atoms with E-state index in [0.717, 1.165) is 47.1 Å². The quantitative estimate of drug-likeness (QED) is 0.759. The molecule has 0 spiro atoms. The highest BCUT2D eigenvalue weighted by Crippen LogP contribution is 2.30. The molecule has 1 saturated heterocycles. The molecule has 4 rings (SSSR count). The molecule has 0 bridgehead atoms. The fraction of sp³-hybridized carbons (Fsp3) is 0.238. The van der Waals surface area contributed by atoms with Crippen molar-refractivity contribution in [3.05, 3.63) is 75.5 Å². The number of carbonyl (C=O) groups excluding carboxylic acids is 1. The number of carbonyl (C=O) groups is 1. The minimum absolute atomic E-state index is 0.0843. The molecule has 1 aromatic carbocycles. The minimum Gasteiger partial charge on any atom is -0.368 e. The highest BCUT2D eigenvalue weighted by atomic mass is 32.1. The summed E-state index contributed by atoms with van der Waals surface area (Å²) in [6.07, 6.45) is 1.72. The Labute approximate surface area is 161 Å². The van der Waals surface area contributed by atoms with Crippen molar-refractivity contribution in [3.63, 3.8) is 0 Å². The summed E-state index contributed by atoms with van der Waals surface area (Å²) in [6.45, 7) is 5.03. The molecule has 0 atom stereocenters.